The number of nitrogen functional groups attached to an aromatic ring is 1. The van der Waals surface area contributed by atoms with Gasteiger partial charge < -0.3 is 5.21 Å². The maximum Gasteiger partial charge on any atom is 0.265 e. The predicted octanol–water partition coefficient (Wildman–Crippen LogP) is -2.47. The molecular formula is C9H13N5O4. The fourth-order valence-electron chi connectivity index (χ4n) is 1.37. The van der Waals surface area contributed by atoms with Crippen LogP contribution in [0.25, 0.3) is 0 Å². The number of carbonyl (C=O) groups excluding carboxylic acids is 2. The van der Waals surface area contributed by atoms with Crippen LogP contribution in [0.4, 0.5) is 5.69 Å². The van der Waals surface area contributed by atoms with Crippen LogP contribution in [-0.4, -0.2) is 22.5 Å². The minimum absolute atomic E-state index is 0.0184. The van der Waals surface area contributed by atoms with Gasteiger partial charge in [-0.25, -0.2) is 16.9 Å². The number of hydrogen-bond acceptors (Lipinski definition) is 6. The van der Waals surface area contributed by atoms with Gasteiger partial charge in [0.2, 0.25) is 6.41 Å². The first-order chi connectivity index (χ1) is 8.47. The Hall–Kier alpha value is -2.04. The lowest BCUT2D eigenvalue weighted by atomic mass is 10.1. The number of nitrogens with one attached hydrogen (secondary N) is 2. The molecule has 1 unspecified atom stereocenters. The zero-order valence-electron chi connectivity index (χ0n) is 9.29. The van der Waals surface area contributed by atoms with Crippen molar-refractivity contribution < 1.29 is 20.0 Å². The quantitative estimate of drug-likeness (QED) is 0.170. The average molecular weight is 255 g/mol. The van der Waals surface area contributed by atoms with E-state index in [2.05, 4.69) is 0 Å². The Morgan fingerprint density at radius 2 is 2.22 bits per heavy atom. The number of amides is 2. The minimum Gasteiger partial charge on any atom is -0.595 e. The molecule has 0 radical (unpaired) electrons. The van der Waals surface area contributed by atoms with Crippen LogP contribution in [0.15, 0.2) is 18.2 Å². The van der Waals surface area contributed by atoms with Crippen molar-refractivity contribution in [1.82, 2.24) is 10.4 Å². The fraction of sp³-hybridized carbons (Fsp3) is 0.111. The second-order valence-corrected chi connectivity index (χ2v) is 3.47. The molecule has 0 aliphatic heterocycles. The summed E-state index contributed by atoms with van der Waals surface area (Å²) in [5, 5.41) is 19.4. The summed E-state index contributed by atoms with van der Waals surface area (Å²) in [6, 6.07) is 3.90. The third-order valence-corrected chi connectivity index (χ3v) is 2.13. The molecule has 0 bridgehead atoms. The van der Waals surface area contributed by atoms with Crippen molar-refractivity contribution >= 4 is 18.0 Å². The van der Waals surface area contributed by atoms with Crippen LogP contribution in [0.2, 0.25) is 0 Å². The summed E-state index contributed by atoms with van der Waals surface area (Å²) in [5.74, 6) is 9.62. The van der Waals surface area contributed by atoms with E-state index in [-0.39, 0.29) is 17.8 Å². The summed E-state index contributed by atoms with van der Waals surface area (Å²) in [7, 11) is 0. The van der Waals surface area contributed by atoms with Gasteiger partial charge in [-0.1, -0.05) is 0 Å². The molecule has 0 saturated heterocycles. The molecule has 1 aromatic rings. The highest BCUT2D eigenvalue weighted by atomic mass is 16.8. The van der Waals surface area contributed by atoms with Gasteiger partial charge in [0.25, 0.3) is 5.91 Å². The maximum absolute atomic E-state index is 11.4. The number of benzene rings is 1. The Balaban J connectivity index is 3.13. The summed E-state index contributed by atoms with van der Waals surface area (Å²) in [4.78, 5) is 21.7. The number of nitrogens with two attached hydrogens (primary N) is 2. The Morgan fingerprint density at radius 1 is 1.56 bits per heavy atom. The van der Waals surface area contributed by atoms with Crippen molar-refractivity contribution in [2.24, 2.45) is 11.7 Å². The molecule has 0 aliphatic carbocycles. The summed E-state index contributed by atoms with van der Waals surface area (Å²) < 4.78 is 0. The number of hydrazine groups is 2. The molecule has 1 rings (SSSR count). The van der Waals surface area contributed by atoms with E-state index in [9.17, 15) is 14.8 Å². The Morgan fingerprint density at radius 3 is 2.72 bits per heavy atom. The third kappa shape index (κ3) is 3.48. The molecule has 0 heterocycles. The summed E-state index contributed by atoms with van der Waals surface area (Å²) in [6.07, 6.45) is 0.385. The van der Waals surface area contributed by atoms with E-state index in [0.717, 1.165) is 5.01 Å². The number of nitrogens with zero attached hydrogens (tertiary/aromatic N) is 1. The van der Waals surface area contributed by atoms with E-state index < -0.39 is 11.1 Å². The summed E-state index contributed by atoms with van der Waals surface area (Å²) in [5.41, 5.74) is 2.28. The zero-order chi connectivity index (χ0) is 13.7. The van der Waals surface area contributed by atoms with Crippen molar-refractivity contribution in [2.75, 3.05) is 0 Å². The van der Waals surface area contributed by atoms with Crippen LogP contribution in [0.1, 0.15) is 15.9 Å². The summed E-state index contributed by atoms with van der Waals surface area (Å²) >= 11 is 0. The first-order valence-electron chi connectivity index (χ1n) is 4.82. The van der Waals surface area contributed by atoms with Crippen molar-refractivity contribution in [1.29, 1.82) is 0 Å². The minimum atomic E-state index is -1.20. The number of quaternary nitrogens is 1. The van der Waals surface area contributed by atoms with Crippen molar-refractivity contribution in [3.05, 3.63) is 34.5 Å². The van der Waals surface area contributed by atoms with E-state index in [1.165, 1.54) is 18.2 Å². The number of hydrogen-bond donors (Lipinski definition) is 5. The molecule has 98 valence electrons. The van der Waals surface area contributed by atoms with E-state index in [1.807, 2.05) is 5.43 Å². The Kier molecular flexibility index (Phi) is 4.71. The van der Waals surface area contributed by atoms with Crippen LogP contribution in [0.3, 0.4) is 0 Å². The lowest BCUT2D eigenvalue weighted by Crippen LogP contribution is -2.99. The first-order valence-corrected chi connectivity index (χ1v) is 4.82. The van der Waals surface area contributed by atoms with Gasteiger partial charge in [-0.15, -0.1) is 0 Å². The summed E-state index contributed by atoms with van der Waals surface area (Å²) in [6.45, 7) is -0.0184. The topological polar surface area (TPSA) is 149 Å². The molecule has 1 atom stereocenters. The van der Waals surface area contributed by atoms with Crippen LogP contribution in [0.5, 0.6) is 0 Å². The molecule has 0 fully saturated rings. The molecule has 18 heavy (non-hydrogen) atoms. The van der Waals surface area contributed by atoms with Crippen molar-refractivity contribution in [3.63, 3.8) is 0 Å². The second kappa shape index (κ2) is 6.05. The van der Waals surface area contributed by atoms with E-state index in [0.29, 0.717) is 12.0 Å². The van der Waals surface area contributed by atoms with E-state index in [1.54, 1.807) is 0 Å². The molecule has 0 saturated carbocycles. The third-order valence-electron chi connectivity index (χ3n) is 2.13. The molecule has 7 N–H and O–H groups in total. The molecule has 9 nitrogen and oxygen atoms in total. The largest absolute Gasteiger partial charge is 0.595 e. The fourth-order valence-corrected chi connectivity index (χ4v) is 1.37. The standard InChI is InChI=1S/C9H13N5O4/c10-12-9(16)7-1-6(4-13(11)5-15)2-8(3-7)14(17)18/h1-3,5,14,17H,4,10-11H2,(H,12,16). The SMILES string of the molecule is NNC(=O)c1cc(CN(N)C=O)cc([NH+]([O-])O)c1. The highest BCUT2D eigenvalue weighted by molar-refractivity contribution is 5.94. The number of carbonyl (C=O) groups is 2. The van der Waals surface area contributed by atoms with Gasteiger partial charge >= 0.3 is 0 Å². The van der Waals surface area contributed by atoms with Gasteiger partial charge in [0.15, 0.2) is 5.69 Å². The zero-order valence-corrected chi connectivity index (χ0v) is 9.29. The van der Waals surface area contributed by atoms with Crippen LogP contribution in [0, 0.1) is 5.21 Å². The highest BCUT2D eigenvalue weighted by Crippen LogP contribution is 2.12. The maximum atomic E-state index is 11.4. The molecule has 9 heteroatoms. The van der Waals surface area contributed by atoms with E-state index >= 15 is 0 Å². The van der Waals surface area contributed by atoms with Gasteiger partial charge in [0.1, 0.15) is 0 Å². The molecule has 0 spiro atoms. The van der Waals surface area contributed by atoms with Gasteiger partial charge in [-0.05, 0) is 11.6 Å². The Labute approximate surface area is 102 Å². The van der Waals surface area contributed by atoms with Crippen LogP contribution < -0.4 is 22.3 Å². The Bertz CT molecular complexity index is 451. The van der Waals surface area contributed by atoms with Crippen molar-refractivity contribution in [3.8, 4) is 0 Å². The lowest BCUT2D eigenvalue weighted by Gasteiger charge is -2.16. The van der Waals surface area contributed by atoms with Crippen molar-refractivity contribution in [2.45, 2.75) is 6.54 Å². The van der Waals surface area contributed by atoms with Gasteiger partial charge in [0, 0.05) is 17.7 Å². The molecule has 2 amide bonds. The second-order valence-electron chi connectivity index (χ2n) is 3.47. The monoisotopic (exact) mass is 255 g/mol. The van der Waals surface area contributed by atoms with Gasteiger partial charge in [0.05, 0.1) is 6.54 Å². The lowest BCUT2D eigenvalue weighted by molar-refractivity contribution is -0.991. The highest BCUT2D eigenvalue weighted by Gasteiger charge is 2.12. The normalized spacial score (nSPS) is 11.8. The van der Waals surface area contributed by atoms with Crippen LogP contribution in [-0.2, 0) is 11.3 Å². The molecule has 0 aromatic heterocycles. The van der Waals surface area contributed by atoms with E-state index in [4.69, 9.17) is 16.9 Å². The molecule has 1 aromatic carbocycles. The molecule has 0 aliphatic rings. The first kappa shape index (κ1) is 14.0. The molecular weight excluding hydrogens is 242 g/mol. The van der Waals surface area contributed by atoms with Gasteiger partial charge in [-0.3, -0.25) is 20.0 Å². The van der Waals surface area contributed by atoms with Crippen LogP contribution >= 0.6 is 0 Å². The van der Waals surface area contributed by atoms with Gasteiger partial charge in [-0.2, -0.15) is 5.23 Å². The smallest absolute Gasteiger partial charge is 0.265 e. The predicted molar refractivity (Wildman–Crippen MR) is 59.7 cm³/mol. The average Bonchev–Trinajstić information content (AvgIpc) is 2.37. The number of rotatable bonds is 5.